The van der Waals surface area contributed by atoms with Crippen molar-refractivity contribution in [3.63, 3.8) is 0 Å². The number of aromatic hydroxyl groups is 1. The van der Waals surface area contributed by atoms with Gasteiger partial charge in [0, 0.05) is 29.4 Å². The Morgan fingerprint density at radius 2 is 1.47 bits per heavy atom. The number of benzene rings is 3. The Bertz CT molecular complexity index is 1070. The maximum Gasteiger partial charge on any atom is 0.203 e. The first-order chi connectivity index (χ1) is 15.6. The van der Waals surface area contributed by atoms with Gasteiger partial charge in [0.1, 0.15) is 11.5 Å². The summed E-state index contributed by atoms with van der Waals surface area (Å²) in [5.41, 5.74) is 1.72. The van der Waals surface area contributed by atoms with Gasteiger partial charge in [-0.2, -0.15) is 0 Å². The normalized spacial score (nSPS) is 15.4. The number of rotatable bonds is 7. The van der Waals surface area contributed by atoms with E-state index in [0.29, 0.717) is 30.5 Å². The molecule has 1 saturated heterocycles. The van der Waals surface area contributed by atoms with Crippen LogP contribution < -0.4 is 18.9 Å². The summed E-state index contributed by atoms with van der Waals surface area (Å²) >= 11 is 0. The van der Waals surface area contributed by atoms with E-state index < -0.39 is 0 Å². The summed E-state index contributed by atoms with van der Waals surface area (Å²) in [6.07, 6.45) is 0. The summed E-state index contributed by atoms with van der Waals surface area (Å²) in [6, 6.07) is 13.3. The minimum atomic E-state index is -0.233. The van der Waals surface area contributed by atoms with Gasteiger partial charge in [0.05, 0.1) is 47.7 Å². The molecule has 0 radical (unpaired) electrons. The first-order valence-electron chi connectivity index (χ1n) is 10.5. The molecule has 1 aliphatic rings. The van der Waals surface area contributed by atoms with E-state index in [1.165, 1.54) is 0 Å². The molecular formula is C25H29NO6. The summed E-state index contributed by atoms with van der Waals surface area (Å²) < 4.78 is 27.8. The van der Waals surface area contributed by atoms with Gasteiger partial charge in [-0.15, -0.1) is 0 Å². The van der Waals surface area contributed by atoms with Crippen molar-refractivity contribution in [1.29, 1.82) is 0 Å². The first kappa shape index (κ1) is 22.0. The van der Waals surface area contributed by atoms with Crippen LogP contribution in [-0.2, 0) is 4.74 Å². The summed E-state index contributed by atoms with van der Waals surface area (Å²) in [6.45, 7) is 2.72. The smallest absolute Gasteiger partial charge is 0.203 e. The summed E-state index contributed by atoms with van der Waals surface area (Å²) in [5, 5.41) is 13.0. The lowest BCUT2D eigenvalue weighted by atomic mass is 9.92. The van der Waals surface area contributed by atoms with E-state index in [1.54, 1.807) is 28.4 Å². The Hall–Kier alpha value is -3.16. The lowest BCUT2D eigenvalue weighted by Crippen LogP contribution is -2.39. The lowest BCUT2D eigenvalue weighted by Gasteiger charge is -2.36. The molecule has 3 aromatic rings. The van der Waals surface area contributed by atoms with Gasteiger partial charge >= 0.3 is 0 Å². The first-order valence-corrected chi connectivity index (χ1v) is 10.5. The second-order valence-electron chi connectivity index (χ2n) is 7.57. The number of hydrogen-bond acceptors (Lipinski definition) is 7. The van der Waals surface area contributed by atoms with Gasteiger partial charge in [-0.25, -0.2) is 0 Å². The SMILES string of the molecule is COc1cc([C@@H](c2ccc3c(OC)cccc3c2O)N2CCOCC2)cc(OC)c1OC. The number of methoxy groups -OCH3 is 4. The van der Waals surface area contributed by atoms with Crippen LogP contribution in [0, 0.1) is 0 Å². The van der Waals surface area contributed by atoms with Gasteiger partial charge in [-0.05, 0) is 23.8 Å². The average Bonchev–Trinajstić information content (AvgIpc) is 2.85. The fourth-order valence-corrected chi connectivity index (χ4v) is 4.41. The molecule has 1 aliphatic heterocycles. The van der Waals surface area contributed by atoms with E-state index >= 15 is 0 Å². The van der Waals surface area contributed by atoms with Crippen molar-refractivity contribution in [2.24, 2.45) is 0 Å². The third-order valence-electron chi connectivity index (χ3n) is 5.95. The highest BCUT2D eigenvalue weighted by Crippen LogP contribution is 2.45. The molecule has 0 bridgehead atoms. The molecule has 1 N–H and O–H groups in total. The Morgan fingerprint density at radius 1 is 0.812 bits per heavy atom. The highest BCUT2D eigenvalue weighted by atomic mass is 16.5. The number of nitrogens with zero attached hydrogens (tertiary/aromatic N) is 1. The molecule has 0 spiro atoms. The van der Waals surface area contributed by atoms with Crippen molar-refractivity contribution in [2.75, 3.05) is 54.7 Å². The van der Waals surface area contributed by atoms with Gasteiger partial charge in [0.25, 0.3) is 0 Å². The Balaban J connectivity index is 1.92. The minimum Gasteiger partial charge on any atom is -0.507 e. The number of phenolic OH excluding ortho intramolecular Hbond substituents is 1. The van der Waals surface area contributed by atoms with E-state index in [9.17, 15) is 5.11 Å². The molecular weight excluding hydrogens is 410 g/mol. The maximum atomic E-state index is 11.4. The van der Waals surface area contributed by atoms with Crippen LogP contribution in [0.1, 0.15) is 17.2 Å². The largest absolute Gasteiger partial charge is 0.507 e. The predicted octanol–water partition coefficient (Wildman–Crippen LogP) is 4.00. The molecule has 32 heavy (non-hydrogen) atoms. The number of morpholine rings is 1. The highest BCUT2D eigenvalue weighted by Gasteiger charge is 2.29. The maximum absolute atomic E-state index is 11.4. The predicted molar refractivity (Wildman–Crippen MR) is 122 cm³/mol. The van der Waals surface area contributed by atoms with Crippen molar-refractivity contribution in [2.45, 2.75) is 6.04 Å². The van der Waals surface area contributed by atoms with Crippen LogP contribution in [0.3, 0.4) is 0 Å². The molecule has 4 rings (SSSR count). The van der Waals surface area contributed by atoms with Gasteiger partial charge in [0.2, 0.25) is 5.75 Å². The zero-order valence-electron chi connectivity index (χ0n) is 18.9. The summed E-state index contributed by atoms with van der Waals surface area (Å²) in [5.74, 6) is 2.63. The average molecular weight is 440 g/mol. The Morgan fingerprint density at radius 3 is 2.06 bits per heavy atom. The van der Waals surface area contributed by atoms with Crippen molar-refractivity contribution >= 4 is 10.8 Å². The second-order valence-corrected chi connectivity index (χ2v) is 7.57. The number of phenols is 1. The van der Waals surface area contributed by atoms with Crippen LogP contribution in [0.15, 0.2) is 42.5 Å². The van der Waals surface area contributed by atoms with E-state index in [0.717, 1.165) is 40.7 Å². The molecule has 1 fully saturated rings. The van der Waals surface area contributed by atoms with Gasteiger partial charge < -0.3 is 28.8 Å². The molecule has 0 saturated carbocycles. The van der Waals surface area contributed by atoms with Gasteiger partial charge in [-0.3, -0.25) is 4.90 Å². The van der Waals surface area contributed by atoms with Gasteiger partial charge in [0.15, 0.2) is 11.5 Å². The molecule has 170 valence electrons. The topological polar surface area (TPSA) is 69.6 Å². The second kappa shape index (κ2) is 9.54. The van der Waals surface area contributed by atoms with Gasteiger partial charge in [-0.1, -0.05) is 24.3 Å². The van der Waals surface area contributed by atoms with E-state index in [2.05, 4.69) is 4.90 Å². The fraction of sp³-hybridized carbons (Fsp3) is 0.360. The van der Waals surface area contributed by atoms with Crippen LogP contribution in [-0.4, -0.2) is 64.7 Å². The van der Waals surface area contributed by atoms with Crippen LogP contribution in [0.25, 0.3) is 10.8 Å². The standard InChI is InChI=1S/C25H29NO6/c1-28-20-7-5-6-18-17(20)8-9-19(24(18)27)23(26-10-12-32-13-11-26)16-14-21(29-2)25(31-4)22(15-16)30-3/h5-9,14-15,23,27H,10-13H2,1-4H3/t23-/m0/s1. The van der Waals surface area contributed by atoms with Crippen LogP contribution in [0.4, 0.5) is 0 Å². The third-order valence-corrected chi connectivity index (χ3v) is 5.95. The minimum absolute atomic E-state index is 0.228. The molecule has 7 nitrogen and oxygen atoms in total. The summed E-state index contributed by atoms with van der Waals surface area (Å²) in [7, 11) is 6.42. The highest BCUT2D eigenvalue weighted by molar-refractivity contribution is 5.94. The van der Waals surface area contributed by atoms with Crippen LogP contribution in [0.2, 0.25) is 0 Å². The number of hydrogen-bond donors (Lipinski definition) is 1. The van der Waals surface area contributed by atoms with E-state index in [-0.39, 0.29) is 11.8 Å². The van der Waals surface area contributed by atoms with Crippen molar-refractivity contribution < 1.29 is 28.8 Å². The molecule has 1 heterocycles. The fourth-order valence-electron chi connectivity index (χ4n) is 4.41. The zero-order valence-corrected chi connectivity index (χ0v) is 18.9. The Labute approximate surface area is 188 Å². The molecule has 7 heteroatoms. The van der Waals surface area contributed by atoms with Crippen LogP contribution in [0.5, 0.6) is 28.7 Å². The zero-order chi connectivity index (χ0) is 22.7. The molecule has 1 atom stereocenters. The van der Waals surface area contributed by atoms with Crippen LogP contribution >= 0.6 is 0 Å². The van der Waals surface area contributed by atoms with Crippen molar-refractivity contribution in [3.8, 4) is 28.7 Å². The summed E-state index contributed by atoms with van der Waals surface area (Å²) in [4.78, 5) is 2.30. The molecule has 0 aliphatic carbocycles. The van der Waals surface area contributed by atoms with E-state index in [1.807, 2.05) is 42.5 Å². The monoisotopic (exact) mass is 439 g/mol. The number of fused-ring (bicyclic) bond motifs is 1. The molecule has 0 aromatic heterocycles. The Kier molecular flexibility index (Phi) is 6.58. The quantitative estimate of drug-likeness (QED) is 0.597. The molecule has 0 amide bonds. The van der Waals surface area contributed by atoms with Crippen molar-refractivity contribution in [3.05, 3.63) is 53.6 Å². The molecule has 0 unspecified atom stereocenters. The third kappa shape index (κ3) is 3.89. The lowest BCUT2D eigenvalue weighted by molar-refractivity contribution is 0.0235. The van der Waals surface area contributed by atoms with E-state index in [4.69, 9.17) is 23.7 Å². The van der Waals surface area contributed by atoms with Crippen molar-refractivity contribution in [1.82, 2.24) is 4.90 Å². The molecule has 3 aromatic carbocycles. The number of ether oxygens (including phenoxy) is 5.